The van der Waals surface area contributed by atoms with Gasteiger partial charge in [-0.2, -0.15) is 5.10 Å². The molecule has 0 radical (unpaired) electrons. The number of rotatable bonds is 8. The number of amides is 1. The van der Waals surface area contributed by atoms with Gasteiger partial charge in [0.25, 0.3) is 15.9 Å². The molecular formula is C30H31ClN4O3S. The molecule has 7 nitrogen and oxygen atoms in total. The molecule has 0 bridgehead atoms. The van der Waals surface area contributed by atoms with Gasteiger partial charge in [-0.1, -0.05) is 47.5 Å². The molecule has 1 amide bonds. The third-order valence-electron chi connectivity index (χ3n) is 6.35. The lowest BCUT2D eigenvalue weighted by Gasteiger charge is -2.24. The summed E-state index contributed by atoms with van der Waals surface area (Å²) in [5, 5.41) is 4.75. The second-order valence-corrected chi connectivity index (χ2v) is 11.8. The van der Waals surface area contributed by atoms with Gasteiger partial charge >= 0.3 is 0 Å². The van der Waals surface area contributed by atoms with Gasteiger partial charge < -0.3 is 4.57 Å². The largest absolute Gasteiger partial charge is 0.316 e. The number of nitrogens with zero attached hydrogens (tertiary/aromatic N) is 3. The number of nitrogens with one attached hydrogen (secondary N) is 1. The van der Waals surface area contributed by atoms with Gasteiger partial charge in [0.2, 0.25) is 0 Å². The summed E-state index contributed by atoms with van der Waals surface area (Å²) in [6, 6.07) is 21.5. The zero-order valence-electron chi connectivity index (χ0n) is 22.6. The lowest BCUT2D eigenvalue weighted by molar-refractivity contribution is -0.119. The first-order valence-corrected chi connectivity index (χ1v) is 14.2. The van der Waals surface area contributed by atoms with Crippen LogP contribution in [-0.4, -0.2) is 31.7 Å². The molecule has 1 heterocycles. The van der Waals surface area contributed by atoms with E-state index < -0.39 is 22.5 Å². The molecule has 39 heavy (non-hydrogen) atoms. The van der Waals surface area contributed by atoms with Crippen LogP contribution in [0.5, 0.6) is 0 Å². The fraction of sp³-hybridized carbons (Fsp3) is 0.200. The minimum absolute atomic E-state index is 0.107. The number of aromatic nitrogens is 1. The van der Waals surface area contributed by atoms with Crippen molar-refractivity contribution in [1.29, 1.82) is 0 Å². The Morgan fingerprint density at radius 3 is 2.21 bits per heavy atom. The number of aryl methyl sites for hydroxylation is 4. The van der Waals surface area contributed by atoms with E-state index in [2.05, 4.69) is 10.5 Å². The minimum Gasteiger partial charge on any atom is -0.316 e. The van der Waals surface area contributed by atoms with E-state index >= 15 is 0 Å². The first-order chi connectivity index (χ1) is 18.5. The molecule has 0 fully saturated rings. The quantitative estimate of drug-likeness (QED) is 0.210. The number of anilines is 1. The summed E-state index contributed by atoms with van der Waals surface area (Å²) in [4.78, 5) is 13.1. The number of benzene rings is 3. The zero-order valence-corrected chi connectivity index (χ0v) is 24.1. The summed E-state index contributed by atoms with van der Waals surface area (Å²) in [7, 11) is -4.02. The van der Waals surface area contributed by atoms with E-state index in [0.717, 1.165) is 43.6 Å². The standard InChI is InChI=1S/C30H31ClN4O3S/c1-20-10-12-27(13-11-20)39(37,38)34(26-15-21(2)14-22(3)16-26)19-30(36)33-32-18-25-17-23(4)35(24(25)5)29-9-7-6-8-28(29)31/h6-18H,19H2,1-5H3,(H,33,36)/b32-18-. The van der Waals surface area contributed by atoms with E-state index in [1.807, 2.05) is 75.6 Å². The van der Waals surface area contributed by atoms with Crippen molar-refractivity contribution in [3.8, 4) is 5.69 Å². The van der Waals surface area contributed by atoms with Gasteiger partial charge in [0.05, 0.1) is 27.5 Å². The van der Waals surface area contributed by atoms with Gasteiger partial charge in [-0.15, -0.1) is 0 Å². The second-order valence-electron chi connectivity index (χ2n) is 9.58. The smallest absolute Gasteiger partial charge is 0.264 e. The topological polar surface area (TPSA) is 83.8 Å². The van der Waals surface area contributed by atoms with Gasteiger partial charge in [-0.3, -0.25) is 9.10 Å². The van der Waals surface area contributed by atoms with Gasteiger partial charge in [0.1, 0.15) is 6.54 Å². The number of hydrogen-bond donors (Lipinski definition) is 1. The highest BCUT2D eigenvalue weighted by atomic mass is 35.5. The molecule has 202 valence electrons. The molecule has 0 unspecified atom stereocenters. The van der Waals surface area contributed by atoms with Crippen LogP contribution in [0.25, 0.3) is 5.69 Å². The summed E-state index contributed by atoms with van der Waals surface area (Å²) in [6.45, 7) is 9.12. The lowest BCUT2D eigenvalue weighted by Crippen LogP contribution is -2.39. The van der Waals surface area contributed by atoms with Gasteiger partial charge in [-0.05, 0) is 88.2 Å². The average Bonchev–Trinajstić information content (AvgIpc) is 3.15. The molecule has 0 spiro atoms. The van der Waals surface area contributed by atoms with Gasteiger partial charge in [-0.25, -0.2) is 13.8 Å². The fourth-order valence-electron chi connectivity index (χ4n) is 4.51. The average molecular weight is 563 g/mol. The number of para-hydroxylation sites is 1. The highest BCUT2D eigenvalue weighted by molar-refractivity contribution is 7.92. The number of hydrazone groups is 1. The molecule has 1 aromatic heterocycles. The molecule has 0 atom stereocenters. The second kappa shape index (κ2) is 11.5. The third kappa shape index (κ3) is 6.24. The predicted molar refractivity (Wildman–Crippen MR) is 158 cm³/mol. The summed E-state index contributed by atoms with van der Waals surface area (Å²) >= 11 is 6.40. The van der Waals surface area contributed by atoms with Crippen molar-refractivity contribution >= 4 is 39.4 Å². The monoisotopic (exact) mass is 562 g/mol. The van der Waals surface area contributed by atoms with Crippen molar-refractivity contribution in [3.63, 3.8) is 0 Å². The van der Waals surface area contributed by atoms with Crippen LogP contribution >= 0.6 is 11.6 Å². The van der Waals surface area contributed by atoms with Crippen molar-refractivity contribution in [2.45, 2.75) is 39.5 Å². The first kappa shape index (κ1) is 28.1. The van der Waals surface area contributed by atoms with E-state index in [1.54, 1.807) is 42.6 Å². The van der Waals surface area contributed by atoms with Crippen molar-refractivity contribution in [2.75, 3.05) is 10.8 Å². The number of carbonyl (C=O) groups excluding carboxylic acids is 1. The van der Waals surface area contributed by atoms with Crippen LogP contribution in [0.2, 0.25) is 5.02 Å². The van der Waals surface area contributed by atoms with E-state index in [4.69, 9.17) is 11.6 Å². The Hall–Kier alpha value is -3.88. The minimum atomic E-state index is -4.02. The molecule has 1 N–H and O–H groups in total. The Morgan fingerprint density at radius 1 is 0.923 bits per heavy atom. The third-order valence-corrected chi connectivity index (χ3v) is 8.45. The first-order valence-electron chi connectivity index (χ1n) is 12.4. The highest BCUT2D eigenvalue weighted by Gasteiger charge is 2.27. The fourth-order valence-corrected chi connectivity index (χ4v) is 6.13. The SMILES string of the molecule is Cc1ccc(S(=O)(=O)N(CC(=O)N/N=C\c2cc(C)n(-c3ccccc3Cl)c2C)c2cc(C)cc(C)c2)cc1. The van der Waals surface area contributed by atoms with Crippen molar-refractivity contribution < 1.29 is 13.2 Å². The summed E-state index contributed by atoms with van der Waals surface area (Å²) in [5.41, 5.74) is 9.13. The number of hydrogen-bond acceptors (Lipinski definition) is 4. The Kier molecular flexibility index (Phi) is 8.28. The van der Waals surface area contributed by atoms with Crippen LogP contribution in [0.3, 0.4) is 0 Å². The molecule has 9 heteroatoms. The summed E-state index contributed by atoms with van der Waals surface area (Å²) < 4.78 is 30.4. The molecule has 0 aliphatic heterocycles. The normalized spacial score (nSPS) is 11.6. The van der Waals surface area contributed by atoms with Crippen molar-refractivity contribution in [3.05, 3.63) is 111 Å². The van der Waals surface area contributed by atoms with Crippen LogP contribution in [-0.2, 0) is 14.8 Å². The number of sulfonamides is 1. The predicted octanol–water partition coefficient (Wildman–Crippen LogP) is 6.02. The molecule has 4 aromatic rings. The highest BCUT2D eigenvalue weighted by Crippen LogP contribution is 2.27. The Morgan fingerprint density at radius 2 is 1.56 bits per heavy atom. The molecule has 0 saturated carbocycles. The maximum atomic E-state index is 13.6. The van der Waals surface area contributed by atoms with E-state index in [0.29, 0.717) is 10.7 Å². The maximum Gasteiger partial charge on any atom is 0.264 e. The number of halogens is 1. The molecule has 3 aromatic carbocycles. The molecule has 0 aliphatic carbocycles. The van der Waals surface area contributed by atoms with Crippen molar-refractivity contribution in [1.82, 2.24) is 9.99 Å². The van der Waals surface area contributed by atoms with E-state index in [-0.39, 0.29) is 4.90 Å². The Bertz CT molecular complexity index is 1640. The van der Waals surface area contributed by atoms with Crippen molar-refractivity contribution in [2.24, 2.45) is 5.10 Å². The van der Waals surface area contributed by atoms with Crippen LogP contribution in [0.4, 0.5) is 5.69 Å². The lowest BCUT2D eigenvalue weighted by atomic mass is 10.1. The van der Waals surface area contributed by atoms with E-state index in [9.17, 15) is 13.2 Å². The van der Waals surface area contributed by atoms with Gasteiger partial charge in [0.15, 0.2) is 0 Å². The molecule has 0 saturated heterocycles. The summed E-state index contributed by atoms with van der Waals surface area (Å²) in [6.07, 6.45) is 1.54. The Labute approximate surface area is 234 Å². The van der Waals surface area contributed by atoms with Crippen LogP contribution in [0.1, 0.15) is 33.6 Å². The van der Waals surface area contributed by atoms with Crippen LogP contribution < -0.4 is 9.73 Å². The van der Waals surface area contributed by atoms with Crippen LogP contribution in [0, 0.1) is 34.6 Å². The molecular weight excluding hydrogens is 532 g/mol. The maximum absolute atomic E-state index is 13.6. The van der Waals surface area contributed by atoms with Crippen LogP contribution in [0.15, 0.2) is 82.8 Å². The zero-order chi connectivity index (χ0) is 28.3. The summed E-state index contributed by atoms with van der Waals surface area (Å²) in [5.74, 6) is -0.569. The van der Waals surface area contributed by atoms with Gasteiger partial charge in [0, 0.05) is 17.0 Å². The number of carbonyl (C=O) groups is 1. The Balaban J connectivity index is 1.58. The molecule has 0 aliphatic rings. The molecule has 4 rings (SSSR count). The van der Waals surface area contributed by atoms with E-state index in [1.165, 1.54) is 0 Å².